The van der Waals surface area contributed by atoms with Crippen molar-refractivity contribution >= 4 is 51.8 Å². The Bertz CT molecular complexity index is 1500. The van der Waals surface area contributed by atoms with Crippen molar-refractivity contribution in [1.82, 2.24) is 4.57 Å². The summed E-state index contributed by atoms with van der Waals surface area (Å²) < 4.78 is 0.877. The number of halogens is 2. The van der Waals surface area contributed by atoms with Crippen LogP contribution in [0.3, 0.4) is 0 Å². The summed E-state index contributed by atoms with van der Waals surface area (Å²) in [6.07, 6.45) is 0. The van der Waals surface area contributed by atoms with Crippen LogP contribution in [0.2, 0.25) is 10.0 Å². The van der Waals surface area contributed by atoms with Crippen LogP contribution < -0.4 is 5.56 Å². The molecule has 0 fully saturated rings. The molecule has 0 spiro atoms. The van der Waals surface area contributed by atoms with Crippen LogP contribution in [-0.2, 0) is 7.05 Å². The summed E-state index contributed by atoms with van der Waals surface area (Å²) in [6, 6.07) is 7.33. The summed E-state index contributed by atoms with van der Waals surface area (Å²) in [5.74, 6) is -1.51. The zero-order valence-electron chi connectivity index (χ0n) is 16.6. The summed E-state index contributed by atoms with van der Waals surface area (Å²) in [5, 5.41) is 18.2. The zero-order valence-corrected chi connectivity index (χ0v) is 18.1. The lowest BCUT2D eigenvalue weighted by Crippen LogP contribution is -2.22. The molecular weight excluding hydrogens is 455 g/mol. The summed E-state index contributed by atoms with van der Waals surface area (Å²) >= 11 is 12.3. The van der Waals surface area contributed by atoms with Gasteiger partial charge in [0.15, 0.2) is 17.4 Å². The molecule has 3 aromatic rings. The van der Waals surface area contributed by atoms with E-state index in [-0.39, 0.29) is 54.9 Å². The maximum Gasteiger partial charge on any atom is 0.278 e. The van der Waals surface area contributed by atoms with Crippen molar-refractivity contribution < 1.29 is 14.7 Å². The number of ketones is 2. The highest BCUT2D eigenvalue weighted by atomic mass is 35.5. The minimum atomic E-state index is -0.677. The minimum absolute atomic E-state index is 0.0171. The van der Waals surface area contributed by atoms with Gasteiger partial charge in [-0.25, -0.2) is 4.85 Å². The first-order valence-corrected chi connectivity index (χ1v) is 9.86. The van der Waals surface area contributed by atoms with Crippen LogP contribution in [0.1, 0.15) is 37.4 Å². The number of aromatic nitrogens is 1. The number of pyridine rings is 1. The largest absolute Gasteiger partial charge is 0.503 e. The van der Waals surface area contributed by atoms with Gasteiger partial charge >= 0.3 is 0 Å². The number of fused-ring (bicyclic) bond motifs is 2. The fourth-order valence-electron chi connectivity index (χ4n) is 3.52. The van der Waals surface area contributed by atoms with Gasteiger partial charge in [0.05, 0.1) is 39.0 Å². The topological polar surface area (TPSA) is 105 Å². The molecule has 0 bridgehead atoms. The highest BCUT2D eigenvalue weighted by Gasteiger charge is 2.35. The lowest BCUT2D eigenvalue weighted by atomic mass is 9.83. The van der Waals surface area contributed by atoms with E-state index < -0.39 is 23.0 Å². The van der Waals surface area contributed by atoms with E-state index in [0.717, 1.165) is 4.57 Å². The molecule has 0 saturated heterocycles. The van der Waals surface area contributed by atoms with Crippen LogP contribution >= 0.6 is 23.2 Å². The molecule has 32 heavy (non-hydrogen) atoms. The second-order valence-corrected chi connectivity index (χ2v) is 7.77. The number of hydrogen-bond acceptors (Lipinski definition) is 6. The number of aromatic hydroxyl groups is 1. The fourth-order valence-corrected chi connectivity index (χ4v) is 4.00. The van der Waals surface area contributed by atoms with Gasteiger partial charge in [-0.3, -0.25) is 19.0 Å². The molecule has 8 nitrogen and oxygen atoms in total. The maximum absolute atomic E-state index is 13.3. The van der Waals surface area contributed by atoms with Gasteiger partial charge in [-0.15, -0.1) is 10.2 Å². The van der Waals surface area contributed by atoms with Crippen molar-refractivity contribution in [3.05, 3.63) is 90.0 Å². The van der Waals surface area contributed by atoms with E-state index in [4.69, 9.17) is 29.8 Å². The molecule has 0 atom stereocenters. The second-order valence-electron chi connectivity index (χ2n) is 6.96. The SMILES string of the molecule is [C-]#[N+]c1c(C)c(N=Nc2cccc3c2C(=O)c2c(Cl)ccc(Cl)c2C3=O)c(=O)n(C)c1O. The second kappa shape index (κ2) is 7.71. The van der Waals surface area contributed by atoms with Crippen molar-refractivity contribution in [1.29, 1.82) is 0 Å². The lowest BCUT2D eigenvalue weighted by Gasteiger charge is -2.20. The number of rotatable bonds is 2. The molecule has 0 aliphatic heterocycles. The van der Waals surface area contributed by atoms with Crippen LogP contribution in [0, 0.1) is 13.5 Å². The quantitative estimate of drug-likeness (QED) is 0.313. The molecule has 1 heterocycles. The van der Waals surface area contributed by atoms with E-state index in [1.54, 1.807) is 0 Å². The predicted molar refractivity (Wildman–Crippen MR) is 118 cm³/mol. The van der Waals surface area contributed by atoms with Gasteiger partial charge in [-0.1, -0.05) is 35.3 Å². The molecule has 0 unspecified atom stereocenters. The Morgan fingerprint density at radius 1 is 0.969 bits per heavy atom. The Labute approximate surface area is 191 Å². The van der Waals surface area contributed by atoms with Crippen molar-refractivity contribution in [3.8, 4) is 5.88 Å². The van der Waals surface area contributed by atoms with E-state index in [2.05, 4.69) is 15.1 Å². The van der Waals surface area contributed by atoms with E-state index >= 15 is 0 Å². The number of carbonyl (C=O) groups excluding carboxylic acids is 2. The normalized spacial score (nSPS) is 12.6. The molecule has 2 aromatic carbocycles. The summed E-state index contributed by atoms with van der Waals surface area (Å²) in [6.45, 7) is 8.69. The molecule has 4 rings (SSSR count). The molecule has 158 valence electrons. The van der Waals surface area contributed by atoms with Crippen molar-refractivity contribution in [2.24, 2.45) is 17.3 Å². The number of azo groups is 1. The van der Waals surface area contributed by atoms with Gasteiger partial charge in [0, 0.05) is 12.6 Å². The highest BCUT2D eigenvalue weighted by Crippen LogP contribution is 2.40. The molecule has 1 aromatic heterocycles. The zero-order chi connectivity index (χ0) is 23.3. The smallest absolute Gasteiger partial charge is 0.278 e. The molecular formula is C22H12Cl2N4O4. The number of benzene rings is 2. The van der Waals surface area contributed by atoms with Crippen molar-refractivity contribution in [2.45, 2.75) is 6.92 Å². The Morgan fingerprint density at radius 3 is 2.22 bits per heavy atom. The van der Waals surface area contributed by atoms with Crippen molar-refractivity contribution in [3.63, 3.8) is 0 Å². The standard InChI is InChI=1S/C22H12Cl2N4O4/c1-9-17(25-2)21(31)28(3)22(32)18(9)27-26-13-6-4-5-10-14(13)20(30)16-12(24)8-7-11(23)15(16)19(10)29/h4-8,31H,1,3H3. The number of carbonyl (C=O) groups is 2. The van der Waals surface area contributed by atoms with Crippen LogP contribution in [0.4, 0.5) is 17.1 Å². The van der Waals surface area contributed by atoms with Crippen LogP contribution in [0.5, 0.6) is 5.88 Å². The molecule has 1 aliphatic rings. The van der Waals surface area contributed by atoms with Gasteiger partial charge < -0.3 is 5.11 Å². The van der Waals surface area contributed by atoms with Gasteiger partial charge in [-0.05, 0) is 30.7 Å². The third-order valence-electron chi connectivity index (χ3n) is 5.19. The lowest BCUT2D eigenvalue weighted by molar-refractivity contribution is 0.0979. The monoisotopic (exact) mass is 466 g/mol. The summed E-state index contributed by atoms with van der Waals surface area (Å²) in [5.41, 5.74) is -0.747. The number of hydrogen-bond donors (Lipinski definition) is 1. The van der Waals surface area contributed by atoms with Crippen LogP contribution in [-0.4, -0.2) is 21.2 Å². The molecule has 10 heteroatoms. The first kappa shape index (κ1) is 21.4. The minimum Gasteiger partial charge on any atom is -0.503 e. The maximum atomic E-state index is 13.3. The number of nitrogens with zero attached hydrogens (tertiary/aromatic N) is 4. The van der Waals surface area contributed by atoms with E-state index in [1.165, 1.54) is 44.3 Å². The fraction of sp³-hybridized carbons (Fsp3) is 0.0909. The van der Waals surface area contributed by atoms with Gasteiger partial charge in [0.1, 0.15) is 5.69 Å². The van der Waals surface area contributed by atoms with Gasteiger partial charge in [-0.2, -0.15) is 0 Å². The summed E-state index contributed by atoms with van der Waals surface area (Å²) in [7, 11) is 1.29. The average molecular weight is 467 g/mol. The average Bonchev–Trinajstić information content (AvgIpc) is 2.77. The predicted octanol–water partition coefficient (Wildman–Crippen LogP) is 5.45. The Morgan fingerprint density at radius 2 is 1.59 bits per heavy atom. The Kier molecular flexibility index (Phi) is 5.17. The van der Waals surface area contributed by atoms with E-state index in [1.807, 2.05) is 0 Å². The van der Waals surface area contributed by atoms with E-state index in [9.17, 15) is 19.5 Å². The summed E-state index contributed by atoms with van der Waals surface area (Å²) in [4.78, 5) is 42.1. The molecule has 0 amide bonds. The molecule has 1 N–H and O–H groups in total. The first-order chi connectivity index (χ1) is 15.2. The highest BCUT2D eigenvalue weighted by molar-refractivity contribution is 6.43. The molecule has 1 aliphatic carbocycles. The molecule has 0 radical (unpaired) electrons. The van der Waals surface area contributed by atoms with Gasteiger partial charge in [0.25, 0.3) is 5.56 Å². The third kappa shape index (κ3) is 3.02. The molecule has 0 saturated carbocycles. The third-order valence-corrected chi connectivity index (χ3v) is 5.82. The first-order valence-electron chi connectivity index (χ1n) is 9.11. The van der Waals surface area contributed by atoms with E-state index in [0.29, 0.717) is 0 Å². The Hall–Kier alpha value is -3.80. The van der Waals surface area contributed by atoms with Crippen LogP contribution in [0.15, 0.2) is 45.4 Å². The Balaban J connectivity index is 1.92. The van der Waals surface area contributed by atoms with Gasteiger partial charge in [0.2, 0.25) is 5.69 Å². The van der Waals surface area contributed by atoms with Crippen LogP contribution in [0.25, 0.3) is 4.85 Å². The van der Waals surface area contributed by atoms with Crippen molar-refractivity contribution in [2.75, 3.05) is 0 Å².